The van der Waals surface area contributed by atoms with E-state index in [1.54, 1.807) is 31.6 Å². The van der Waals surface area contributed by atoms with Crippen LogP contribution in [0.4, 0.5) is 0 Å². The van der Waals surface area contributed by atoms with Gasteiger partial charge in [0.25, 0.3) is 10.0 Å². The molecular formula is C14H19N3O2S2. The number of hydrogen-bond donors (Lipinski definition) is 1. The molecule has 21 heavy (non-hydrogen) atoms. The van der Waals surface area contributed by atoms with Gasteiger partial charge in [-0.05, 0) is 37.2 Å². The lowest BCUT2D eigenvalue weighted by Crippen LogP contribution is -2.25. The minimum absolute atomic E-state index is 0.314. The van der Waals surface area contributed by atoms with E-state index in [0.717, 1.165) is 16.0 Å². The predicted octanol–water partition coefficient (Wildman–Crippen LogP) is 1.99. The van der Waals surface area contributed by atoms with E-state index in [9.17, 15) is 8.42 Å². The lowest BCUT2D eigenvalue weighted by Gasteiger charge is -2.15. The summed E-state index contributed by atoms with van der Waals surface area (Å²) in [4.78, 5) is 5.06. The van der Waals surface area contributed by atoms with Crippen molar-refractivity contribution in [2.45, 2.75) is 24.2 Å². The number of hydrogen-bond acceptors (Lipinski definition) is 5. The number of nitrogens with zero attached hydrogens (tertiary/aromatic N) is 2. The summed E-state index contributed by atoms with van der Waals surface area (Å²) in [5.74, 6) is 0. The SMILES string of the molecule is CNCc1sc(S(=O)(=O)N(C)Cc2cccnc2)cc1C. The Hall–Kier alpha value is -1.28. The Balaban J connectivity index is 2.23. The van der Waals surface area contributed by atoms with Crippen LogP contribution in [-0.2, 0) is 23.1 Å². The number of aryl methyl sites for hydroxylation is 1. The van der Waals surface area contributed by atoms with Crippen molar-refractivity contribution in [1.82, 2.24) is 14.6 Å². The van der Waals surface area contributed by atoms with Crippen molar-refractivity contribution < 1.29 is 8.42 Å². The third-order valence-electron chi connectivity index (χ3n) is 3.13. The van der Waals surface area contributed by atoms with Crippen LogP contribution in [0.5, 0.6) is 0 Å². The highest BCUT2D eigenvalue weighted by molar-refractivity contribution is 7.91. The molecule has 0 amide bonds. The van der Waals surface area contributed by atoms with Crippen molar-refractivity contribution in [2.75, 3.05) is 14.1 Å². The van der Waals surface area contributed by atoms with Gasteiger partial charge >= 0.3 is 0 Å². The van der Waals surface area contributed by atoms with Gasteiger partial charge in [-0.2, -0.15) is 4.31 Å². The fraction of sp³-hybridized carbons (Fsp3) is 0.357. The van der Waals surface area contributed by atoms with Gasteiger partial charge in [-0.25, -0.2) is 8.42 Å². The second kappa shape index (κ2) is 6.65. The van der Waals surface area contributed by atoms with Crippen molar-refractivity contribution in [3.05, 3.63) is 46.6 Å². The third-order valence-corrected chi connectivity index (χ3v) is 6.62. The third kappa shape index (κ3) is 3.68. The fourth-order valence-electron chi connectivity index (χ4n) is 1.94. The molecule has 5 nitrogen and oxygen atoms in total. The van der Waals surface area contributed by atoms with Crippen LogP contribution >= 0.6 is 11.3 Å². The molecule has 0 aliphatic rings. The molecule has 0 atom stereocenters. The topological polar surface area (TPSA) is 62.3 Å². The molecule has 2 heterocycles. The highest BCUT2D eigenvalue weighted by atomic mass is 32.2. The van der Waals surface area contributed by atoms with E-state index in [-0.39, 0.29) is 0 Å². The van der Waals surface area contributed by atoms with Gasteiger partial charge in [-0.3, -0.25) is 4.98 Å². The molecule has 1 N–H and O–H groups in total. The van der Waals surface area contributed by atoms with Crippen molar-refractivity contribution in [3.8, 4) is 0 Å². The maximum Gasteiger partial charge on any atom is 0.252 e. The van der Waals surface area contributed by atoms with Gasteiger partial charge in [-0.15, -0.1) is 11.3 Å². The molecule has 114 valence electrons. The molecule has 0 spiro atoms. The molecule has 2 aromatic heterocycles. The predicted molar refractivity (Wildman–Crippen MR) is 84.7 cm³/mol. The van der Waals surface area contributed by atoms with E-state index in [0.29, 0.717) is 17.3 Å². The summed E-state index contributed by atoms with van der Waals surface area (Å²) >= 11 is 1.32. The van der Waals surface area contributed by atoms with Gasteiger partial charge in [0, 0.05) is 37.4 Å². The smallest absolute Gasteiger partial charge is 0.252 e. The highest BCUT2D eigenvalue weighted by Crippen LogP contribution is 2.28. The molecule has 0 radical (unpaired) electrons. The summed E-state index contributed by atoms with van der Waals surface area (Å²) in [7, 11) is -0.0194. The van der Waals surface area contributed by atoms with Crippen LogP contribution in [0.3, 0.4) is 0 Å². The van der Waals surface area contributed by atoms with Crippen LogP contribution in [0, 0.1) is 6.92 Å². The normalized spacial score (nSPS) is 12.0. The number of thiophene rings is 1. The second-order valence-electron chi connectivity index (χ2n) is 4.82. The monoisotopic (exact) mass is 325 g/mol. The van der Waals surface area contributed by atoms with Crippen LogP contribution < -0.4 is 5.32 Å². The van der Waals surface area contributed by atoms with Crippen LogP contribution in [0.2, 0.25) is 0 Å². The van der Waals surface area contributed by atoms with Gasteiger partial charge in [0.05, 0.1) is 0 Å². The Morgan fingerprint density at radius 3 is 2.81 bits per heavy atom. The molecule has 2 aromatic rings. The van der Waals surface area contributed by atoms with Gasteiger partial charge in [0.2, 0.25) is 0 Å². The van der Waals surface area contributed by atoms with Crippen LogP contribution in [0.1, 0.15) is 16.0 Å². The Kier molecular flexibility index (Phi) is 5.10. The van der Waals surface area contributed by atoms with Crippen molar-refractivity contribution in [3.63, 3.8) is 0 Å². The first kappa shape index (κ1) is 16.1. The van der Waals surface area contributed by atoms with E-state index < -0.39 is 10.0 Å². The standard InChI is InChI=1S/C14H19N3O2S2/c1-11-7-14(20-13(11)9-15-2)21(18,19)17(3)10-12-5-4-6-16-8-12/h4-8,15H,9-10H2,1-3H3. The Labute approximate surface area is 129 Å². The van der Waals surface area contributed by atoms with Gasteiger partial charge < -0.3 is 5.32 Å². The first-order valence-electron chi connectivity index (χ1n) is 6.54. The molecule has 0 fully saturated rings. The maximum absolute atomic E-state index is 12.6. The number of rotatable bonds is 6. The zero-order valence-electron chi connectivity index (χ0n) is 12.3. The first-order chi connectivity index (χ1) is 9.95. The quantitative estimate of drug-likeness (QED) is 0.882. The average Bonchev–Trinajstić information content (AvgIpc) is 2.82. The summed E-state index contributed by atoms with van der Waals surface area (Å²) in [6.07, 6.45) is 3.35. The molecule has 0 saturated carbocycles. The summed E-state index contributed by atoms with van der Waals surface area (Å²) in [5.41, 5.74) is 1.87. The number of aromatic nitrogens is 1. The molecule has 2 rings (SSSR count). The van der Waals surface area contributed by atoms with E-state index in [1.807, 2.05) is 20.0 Å². The van der Waals surface area contributed by atoms with E-state index >= 15 is 0 Å². The number of sulfonamides is 1. The Morgan fingerprint density at radius 2 is 2.19 bits per heavy atom. The highest BCUT2D eigenvalue weighted by Gasteiger charge is 2.24. The van der Waals surface area contributed by atoms with Crippen molar-refractivity contribution in [1.29, 1.82) is 0 Å². The van der Waals surface area contributed by atoms with E-state index in [2.05, 4.69) is 10.3 Å². The van der Waals surface area contributed by atoms with Crippen LogP contribution in [0.25, 0.3) is 0 Å². The molecule has 7 heteroatoms. The average molecular weight is 325 g/mol. The summed E-state index contributed by atoms with van der Waals surface area (Å²) in [6.45, 7) is 2.93. The summed E-state index contributed by atoms with van der Waals surface area (Å²) in [6, 6.07) is 5.41. The summed E-state index contributed by atoms with van der Waals surface area (Å²) < 4.78 is 26.9. The second-order valence-corrected chi connectivity index (χ2v) is 8.23. The zero-order chi connectivity index (χ0) is 15.5. The van der Waals surface area contributed by atoms with E-state index in [1.165, 1.54) is 15.6 Å². The molecule has 0 bridgehead atoms. The lowest BCUT2D eigenvalue weighted by atomic mass is 10.3. The molecule has 0 aliphatic carbocycles. The molecular weight excluding hydrogens is 306 g/mol. The number of nitrogens with one attached hydrogen (secondary N) is 1. The fourth-order valence-corrected chi connectivity index (χ4v) is 4.91. The van der Waals surface area contributed by atoms with Crippen LogP contribution in [0.15, 0.2) is 34.8 Å². The lowest BCUT2D eigenvalue weighted by molar-refractivity contribution is 0.468. The van der Waals surface area contributed by atoms with Crippen molar-refractivity contribution >= 4 is 21.4 Å². The largest absolute Gasteiger partial charge is 0.315 e. The summed E-state index contributed by atoms with van der Waals surface area (Å²) in [5, 5.41) is 3.05. The van der Waals surface area contributed by atoms with E-state index in [4.69, 9.17) is 0 Å². The van der Waals surface area contributed by atoms with Gasteiger partial charge in [0.1, 0.15) is 4.21 Å². The minimum atomic E-state index is -3.46. The van der Waals surface area contributed by atoms with Crippen molar-refractivity contribution in [2.24, 2.45) is 0 Å². The Bertz CT molecular complexity index is 696. The Morgan fingerprint density at radius 1 is 1.43 bits per heavy atom. The molecule has 0 unspecified atom stereocenters. The van der Waals surface area contributed by atoms with Crippen LogP contribution in [-0.4, -0.2) is 31.8 Å². The maximum atomic E-state index is 12.6. The first-order valence-corrected chi connectivity index (χ1v) is 8.80. The molecule has 0 aromatic carbocycles. The van der Waals surface area contributed by atoms with Gasteiger partial charge in [-0.1, -0.05) is 6.07 Å². The molecule has 0 saturated heterocycles. The minimum Gasteiger partial charge on any atom is -0.315 e. The zero-order valence-corrected chi connectivity index (χ0v) is 14.0. The number of pyridine rings is 1. The van der Waals surface area contributed by atoms with Gasteiger partial charge in [0.15, 0.2) is 0 Å². The molecule has 0 aliphatic heterocycles.